The van der Waals surface area contributed by atoms with E-state index in [1.54, 1.807) is 18.2 Å². The molecule has 0 unspecified atom stereocenters. The van der Waals surface area contributed by atoms with E-state index in [4.69, 9.17) is 16.8 Å². The summed E-state index contributed by atoms with van der Waals surface area (Å²) in [6.07, 6.45) is 1.32. The van der Waals surface area contributed by atoms with Crippen molar-refractivity contribution in [3.05, 3.63) is 33.3 Å². The van der Waals surface area contributed by atoms with Gasteiger partial charge in [0.2, 0.25) is 0 Å². The molecule has 0 saturated heterocycles. The minimum absolute atomic E-state index is 0.614. The largest absolute Gasteiger partial charge is 0.411 e. The summed E-state index contributed by atoms with van der Waals surface area (Å²) in [5.74, 6) is 0. The predicted molar refractivity (Wildman–Crippen MR) is 48.5 cm³/mol. The summed E-state index contributed by atoms with van der Waals surface area (Å²) in [7, 11) is 0. The summed E-state index contributed by atoms with van der Waals surface area (Å²) in [4.78, 5) is 0. The van der Waals surface area contributed by atoms with Crippen molar-refractivity contribution in [1.29, 1.82) is 0 Å². The van der Waals surface area contributed by atoms with E-state index in [9.17, 15) is 0 Å². The zero-order valence-electron chi connectivity index (χ0n) is 5.46. The van der Waals surface area contributed by atoms with Gasteiger partial charge in [-0.05, 0) is 18.2 Å². The number of halogens is 2. The van der Waals surface area contributed by atoms with Gasteiger partial charge in [-0.25, -0.2) is 0 Å². The lowest BCUT2D eigenvalue weighted by Gasteiger charge is -1.96. The van der Waals surface area contributed by atoms with Gasteiger partial charge >= 0.3 is 0 Å². The van der Waals surface area contributed by atoms with Crippen LogP contribution in [0, 0.1) is 0 Å². The van der Waals surface area contributed by atoms with Crippen LogP contribution in [0.4, 0.5) is 0 Å². The SMILES string of the molecule is ON=Cc1cc(Cl)ccc1Br. The molecule has 0 bridgehead atoms. The Kier molecular flexibility index (Phi) is 2.91. The molecule has 0 amide bonds. The van der Waals surface area contributed by atoms with Crippen LogP contribution in [0.2, 0.25) is 5.02 Å². The van der Waals surface area contributed by atoms with Crippen molar-refractivity contribution in [2.45, 2.75) is 0 Å². The van der Waals surface area contributed by atoms with Crippen LogP contribution in [0.15, 0.2) is 27.8 Å². The van der Waals surface area contributed by atoms with Gasteiger partial charge in [0.05, 0.1) is 6.21 Å². The smallest absolute Gasteiger partial charge is 0.0745 e. The molecule has 2 nitrogen and oxygen atoms in total. The van der Waals surface area contributed by atoms with Gasteiger partial charge in [0.15, 0.2) is 0 Å². The summed E-state index contributed by atoms with van der Waals surface area (Å²) in [6.45, 7) is 0. The molecule has 0 radical (unpaired) electrons. The molecule has 1 aromatic rings. The zero-order valence-corrected chi connectivity index (χ0v) is 7.80. The van der Waals surface area contributed by atoms with E-state index in [0.717, 1.165) is 10.0 Å². The molecular weight excluding hydrogens is 229 g/mol. The van der Waals surface area contributed by atoms with Gasteiger partial charge in [0.25, 0.3) is 0 Å². The lowest BCUT2D eigenvalue weighted by atomic mass is 10.2. The van der Waals surface area contributed by atoms with Crippen molar-refractivity contribution in [1.82, 2.24) is 0 Å². The fourth-order valence-electron chi connectivity index (χ4n) is 0.676. The summed E-state index contributed by atoms with van der Waals surface area (Å²) in [5.41, 5.74) is 0.750. The maximum atomic E-state index is 8.24. The molecule has 0 fully saturated rings. The molecule has 1 aromatic carbocycles. The molecule has 0 heterocycles. The van der Waals surface area contributed by atoms with Gasteiger partial charge < -0.3 is 5.21 Å². The van der Waals surface area contributed by atoms with Crippen molar-refractivity contribution >= 4 is 33.7 Å². The molecule has 4 heteroatoms. The molecule has 0 aromatic heterocycles. The molecule has 0 aliphatic carbocycles. The average Bonchev–Trinajstić information content (AvgIpc) is 1.98. The lowest BCUT2D eigenvalue weighted by molar-refractivity contribution is 0.322. The number of hydrogen-bond donors (Lipinski definition) is 1. The molecular formula is C7H5BrClNO. The molecule has 1 N–H and O–H groups in total. The molecule has 0 spiro atoms. The fourth-order valence-corrected chi connectivity index (χ4v) is 1.21. The Labute approximate surface area is 77.6 Å². The first-order valence-electron chi connectivity index (χ1n) is 2.86. The van der Waals surface area contributed by atoms with Crippen LogP contribution in [0.3, 0.4) is 0 Å². The van der Waals surface area contributed by atoms with Crippen molar-refractivity contribution in [2.24, 2.45) is 5.16 Å². The zero-order chi connectivity index (χ0) is 8.27. The quantitative estimate of drug-likeness (QED) is 0.452. The molecule has 0 aliphatic heterocycles. The summed E-state index contributed by atoms with van der Waals surface area (Å²) < 4.78 is 0.847. The number of hydrogen-bond acceptors (Lipinski definition) is 2. The number of rotatable bonds is 1. The van der Waals surface area contributed by atoms with E-state index in [1.165, 1.54) is 6.21 Å². The van der Waals surface area contributed by atoms with Gasteiger partial charge in [0, 0.05) is 15.1 Å². The predicted octanol–water partition coefficient (Wildman–Crippen LogP) is 2.91. The van der Waals surface area contributed by atoms with E-state index in [2.05, 4.69) is 21.1 Å². The second kappa shape index (κ2) is 3.74. The van der Waals surface area contributed by atoms with Crippen molar-refractivity contribution < 1.29 is 5.21 Å². The summed E-state index contributed by atoms with van der Waals surface area (Å²) in [5, 5.41) is 11.7. The summed E-state index contributed by atoms with van der Waals surface area (Å²) >= 11 is 8.96. The number of oxime groups is 1. The maximum Gasteiger partial charge on any atom is 0.0745 e. The molecule has 1 rings (SSSR count). The van der Waals surface area contributed by atoms with E-state index in [0.29, 0.717) is 5.02 Å². The number of benzene rings is 1. The van der Waals surface area contributed by atoms with Crippen LogP contribution in [0.5, 0.6) is 0 Å². The minimum atomic E-state index is 0.614. The highest BCUT2D eigenvalue weighted by Gasteiger charge is 1.96. The van der Waals surface area contributed by atoms with Crippen LogP contribution in [0.1, 0.15) is 5.56 Å². The highest BCUT2D eigenvalue weighted by molar-refractivity contribution is 9.10. The Morgan fingerprint density at radius 3 is 2.91 bits per heavy atom. The average molecular weight is 234 g/mol. The van der Waals surface area contributed by atoms with Crippen LogP contribution < -0.4 is 0 Å². The highest BCUT2D eigenvalue weighted by Crippen LogP contribution is 2.19. The Hall–Kier alpha value is -0.540. The van der Waals surface area contributed by atoms with Crippen LogP contribution in [-0.2, 0) is 0 Å². The fraction of sp³-hybridized carbons (Fsp3) is 0. The van der Waals surface area contributed by atoms with E-state index >= 15 is 0 Å². The first-order valence-corrected chi connectivity index (χ1v) is 4.03. The third-order valence-electron chi connectivity index (χ3n) is 1.15. The van der Waals surface area contributed by atoms with Crippen LogP contribution in [0.25, 0.3) is 0 Å². The standard InChI is InChI=1S/C7H5BrClNO/c8-7-2-1-6(9)3-5(7)4-10-11/h1-4,11H. The molecule has 58 valence electrons. The second-order valence-electron chi connectivity index (χ2n) is 1.91. The first-order chi connectivity index (χ1) is 5.24. The maximum absolute atomic E-state index is 8.24. The van der Waals surface area contributed by atoms with Crippen molar-refractivity contribution in [3.8, 4) is 0 Å². The molecule has 0 atom stereocenters. The van der Waals surface area contributed by atoms with Gasteiger partial charge in [-0.2, -0.15) is 0 Å². The molecule has 0 saturated carbocycles. The van der Waals surface area contributed by atoms with Crippen molar-refractivity contribution in [3.63, 3.8) is 0 Å². The Bertz CT molecular complexity index is 288. The Morgan fingerprint density at radius 2 is 2.27 bits per heavy atom. The Morgan fingerprint density at radius 1 is 1.55 bits per heavy atom. The second-order valence-corrected chi connectivity index (χ2v) is 3.20. The van der Waals surface area contributed by atoms with E-state index < -0.39 is 0 Å². The minimum Gasteiger partial charge on any atom is -0.411 e. The lowest BCUT2D eigenvalue weighted by Crippen LogP contribution is -1.82. The van der Waals surface area contributed by atoms with Crippen molar-refractivity contribution in [2.75, 3.05) is 0 Å². The van der Waals surface area contributed by atoms with Gasteiger partial charge in [-0.3, -0.25) is 0 Å². The van der Waals surface area contributed by atoms with Crippen LogP contribution >= 0.6 is 27.5 Å². The van der Waals surface area contributed by atoms with E-state index in [-0.39, 0.29) is 0 Å². The molecule has 11 heavy (non-hydrogen) atoms. The normalized spacial score (nSPS) is 10.7. The monoisotopic (exact) mass is 233 g/mol. The third-order valence-corrected chi connectivity index (χ3v) is 2.11. The molecule has 0 aliphatic rings. The van der Waals surface area contributed by atoms with E-state index in [1.807, 2.05) is 0 Å². The Balaban J connectivity index is 3.12. The third kappa shape index (κ3) is 2.20. The summed E-state index contributed by atoms with van der Waals surface area (Å²) in [6, 6.07) is 5.24. The van der Waals surface area contributed by atoms with Gasteiger partial charge in [-0.1, -0.05) is 32.7 Å². The first kappa shape index (κ1) is 8.56. The van der Waals surface area contributed by atoms with Gasteiger partial charge in [0.1, 0.15) is 0 Å². The van der Waals surface area contributed by atoms with Crippen LogP contribution in [-0.4, -0.2) is 11.4 Å². The topological polar surface area (TPSA) is 32.6 Å². The highest BCUT2D eigenvalue weighted by atomic mass is 79.9. The van der Waals surface area contributed by atoms with Gasteiger partial charge in [-0.15, -0.1) is 0 Å². The number of nitrogens with zero attached hydrogens (tertiary/aromatic N) is 1.